The molecule has 278 valence electrons. The van der Waals surface area contributed by atoms with Gasteiger partial charge in [-0.15, -0.1) is 0 Å². The lowest BCUT2D eigenvalue weighted by Gasteiger charge is -2.36. The first-order valence-electron chi connectivity index (χ1n) is 17.3. The van der Waals surface area contributed by atoms with Crippen LogP contribution in [0.15, 0.2) is 106 Å². The first-order valence-corrected chi connectivity index (χ1v) is 17.3. The molecule has 5 heterocycles. The van der Waals surface area contributed by atoms with Crippen LogP contribution in [0.1, 0.15) is 15.9 Å². The molecule has 1 fully saturated rings. The van der Waals surface area contributed by atoms with E-state index in [1.165, 1.54) is 39.7 Å². The van der Waals surface area contributed by atoms with Crippen LogP contribution < -0.4 is 27.0 Å². The van der Waals surface area contributed by atoms with Crippen molar-refractivity contribution in [3.05, 3.63) is 145 Å². The van der Waals surface area contributed by atoms with Crippen LogP contribution in [0.3, 0.4) is 0 Å². The number of halogens is 2. The van der Waals surface area contributed by atoms with Crippen molar-refractivity contribution in [2.24, 2.45) is 0 Å². The average molecular weight is 747 g/mol. The predicted molar refractivity (Wildman–Crippen MR) is 200 cm³/mol. The second-order valence-corrected chi connectivity index (χ2v) is 12.8. The van der Waals surface area contributed by atoms with E-state index in [0.717, 1.165) is 17.8 Å². The molecule has 15 nitrogen and oxygen atoms in total. The third kappa shape index (κ3) is 6.61. The number of anilines is 3. The number of aliphatic hydroxyl groups is 1. The Kier molecular flexibility index (Phi) is 9.19. The number of piperazine rings is 1. The number of amides is 1. The van der Waals surface area contributed by atoms with Gasteiger partial charge in [0.05, 0.1) is 36.2 Å². The SMILES string of the molecule is O=C(c1cc(Cn2c(=O)[nH]c(=O)c3c(F)cccc32)ccc1F)N1CCN(c2ccc(Nc3ncc4c(=O)n(CCO)n(-c5ccccn5)c4n3)cc2)CC1. The van der Waals surface area contributed by atoms with Crippen LogP contribution >= 0.6 is 0 Å². The molecule has 0 saturated carbocycles. The molecule has 0 bridgehead atoms. The van der Waals surface area contributed by atoms with Crippen molar-refractivity contribution in [3.8, 4) is 5.82 Å². The van der Waals surface area contributed by atoms with Crippen LogP contribution in [0.4, 0.5) is 26.1 Å². The summed E-state index contributed by atoms with van der Waals surface area (Å²) in [5.41, 5.74) is 0.328. The summed E-state index contributed by atoms with van der Waals surface area (Å²) in [5, 5.41) is 12.8. The van der Waals surface area contributed by atoms with E-state index < -0.39 is 28.8 Å². The predicted octanol–water partition coefficient (Wildman–Crippen LogP) is 3.01. The molecule has 1 saturated heterocycles. The fraction of sp³-hybridized carbons (Fsp3) is 0.184. The maximum atomic E-state index is 15.0. The van der Waals surface area contributed by atoms with Gasteiger partial charge in [0.1, 0.15) is 17.0 Å². The molecule has 0 radical (unpaired) electrons. The fourth-order valence-electron chi connectivity index (χ4n) is 6.79. The molecule has 1 aliphatic heterocycles. The van der Waals surface area contributed by atoms with Gasteiger partial charge in [-0.2, -0.15) is 4.98 Å². The molecular formula is C38H32F2N10O5. The number of nitrogens with one attached hydrogen (secondary N) is 2. The Labute approximate surface area is 309 Å². The highest BCUT2D eigenvalue weighted by Gasteiger charge is 2.25. The van der Waals surface area contributed by atoms with Crippen molar-refractivity contribution >= 4 is 45.2 Å². The average Bonchev–Trinajstić information content (AvgIpc) is 3.47. The van der Waals surface area contributed by atoms with E-state index in [1.807, 2.05) is 24.3 Å². The van der Waals surface area contributed by atoms with Gasteiger partial charge in [-0.05, 0) is 66.2 Å². The van der Waals surface area contributed by atoms with Crippen molar-refractivity contribution in [2.45, 2.75) is 13.1 Å². The van der Waals surface area contributed by atoms with E-state index in [1.54, 1.807) is 34.0 Å². The summed E-state index contributed by atoms with van der Waals surface area (Å²) < 4.78 is 33.6. The molecule has 7 aromatic rings. The van der Waals surface area contributed by atoms with E-state index >= 15 is 4.39 Å². The number of pyridine rings is 1. The zero-order valence-electron chi connectivity index (χ0n) is 29.0. The molecule has 1 aliphatic rings. The van der Waals surface area contributed by atoms with E-state index in [9.17, 15) is 28.7 Å². The smallest absolute Gasteiger partial charge is 0.329 e. The zero-order chi connectivity index (χ0) is 38.2. The third-order valence-corrected chi connectivity index (χ3v) is 9.49. The third-order valence-electron chi connectivity index (χ3n) is 9.49. The highest BCUT2D eigenvalue weighted by Crippen LogP contribution is 2.24. The van der Waals surface area contributed by atoms with Gasteiger partial charge in [0, 0.05) is 49.9 Å². The number of carbonyl (C=O) groups is 1. The summed E-state index contributed by atoms with van der Waals surface area (Å²) in [4.78, 5) is 70.7. The Bertz CT molecular complexity index is 2760. The van der Waals surface area contributed by atoms with Crippen molar-refractivity contribution < 1.29 is 18.7 Å². The van der Waals surface area contributed by atoms with Crippen molar-refractivity contribution in [1.82, 2.24) is 38.8 Å². The molecule has 55 heavy (non-hydrogen) atoms. The normalized spacial score (nSPS) is 13.1. The van der Waals surface area contributed by atoms with E-state index in [4.69, 9.17) is 0 Å². The number of aromatic nitrogens is 7. The maximum Gasteiger partial charge on any atom is 0.329 e. The van der Waals surface area contributed by atoms with Crippen molar-refractivity contribution in [3.63, 3.8) is 0 Å². The molecule has 17 heteroatoms. The molecule has 3 aromatic carbocycles. The largest absolute Gasteiger partial charge is 0.394 e. The monoisotopic (exact) mass is 746 g/mol. The number of aliphatic hydroxyl groups excluding tert-OH is 1. The second-order valence-electron chi connectivity index (χ2n) is 12.8. The molecule has 3 N–H and O–H groups in total. The molecule has 0 atom stereocenters. The lowest BCUT2D eigenvalue weighted by atomic mass is 10.1. The van der Waals surface area contributed by atoms with Crippen LogP contribution in [-0.2, 0) is 13.1 Å². The van der Waals surface area contributed by atoms with Crippen molar-refractivity contribution in [1.29, 1.82) is 0 Å². The fourth-order valence-corrected chi connectivity index (χ4v) is 6.79. The second kappa shape index (κ2) is 14.4. The number of hydrogen-bond donors (Lipinski definition) is 3. The van der Waals surface area contributed by atoms with Gasteiger partial charge < -0.3 is 20.2 Å². The maximum absolute atomic E-state index is 15.0. The summed E-state index contributed by atoms with van der Waals surface area (Å²) in [6.45, 7) is 1.30. The van der Waals surface area contributed by atoms with Crippen LogP contribution in [-0.4, -0.2) is 82.6 Å². The first-order chi connectivity index (χ1) is 26.7. The minimum atomic E-state index is -0.845. The number of nitrogens with zero attached hydrogens (tertiary/aromatic N) is 8. The minimum Gasteiger partial charge on any atom is -0.394 e. The van der Waals surface area contributed by atoms with Gasteiger partial charge >= 0.3 is 5.69 Å². The van der Waals surface area contributed by atoms with E-state index in [-0.39, 0.29) is 53.1 Å². The Morgan fingerprint density at radius 1 is 0.891 bits per heavy atom. The Morgan fingerprint density at radius 2 is 1.69 bits per heavy atom. The van der Waals surface area contributed by atoms with Gasteiger partial charge in [0.15, 0.2) is 11.5 Å². The summed E-state index contributed by atoms with van der Waals surface area (Å²) in [7, 11) is 0. The Hall–Kier alpha value is -7.01. The van der Waals surface area contributed by atoms with Crippen LogP contribution in [0.2, 0.25) is 0 Å². The number of hydrogen-bond acceptors (Lipinski definition) is 10. The number of benzene rings is 3. The van der Waals surface area contributed by atoms with Crippen LogP contribution in [0.25, 0.3) is 27.8 Å². The molecule has 0 spiro atoms. The molecular weight excluding hydrogens is 714 g/mol. The highest BCUT2D eigenvalue weighted by atomic mass is 19.1. The molecule has 8 rings (SSSR count). The zero-order valence-corrected chi connectivity index (χ0v) is 29.0. The lowest BCUT2D eigenvalue weighted by molar-refractivity contribution is 0.0742. The Balaban J connectivity index is 0.943. The van der Waals surface area contributed by atoms with Crippen molar-refractivity contribution in [2.75, 3.05) is 43.0 Å². The van der Waals surface area contributed by atoms with E-state index in [0.29, 0.717) is 48.9 Å². The summed E-state index contributed by atoms with van der Waals surface area (Å²) in [5.74, 6) is -1.27. The van der Waals surface area contributed by atoms with E-state index in [2.05, 4.69) is 30.2 Å². The van der Waals surface area contributed by atoms with Gasteiger partial charge in [-0.1, -0.05) is 18.2 Å². The number of rotatable bonds is 9. The van der Waals surface area contributed by atoms with Gasteiger partial charge in [-0.3, -0.25) is 23.9 Å². The minimum absolute atomic E-state index is 0.0490. The van der Waals surface area contributed by atoms with Crippen LogP contribution in [0.5, 0.6) is 0 Å². The molecule has 0 aliphatic carbocycles. The summed E-state index contributed by atoms with van der Waals surface area (Å²) in [6.07, 6.45) is 3.04. The number of carbonyl (C=O) groups excluding carboxylic acids is 1. The van der Waals surface area contributed by atoms with Gasteiger partial charge in [0.25, 0.3) is 17.0 Å². The first kappa shape index (κ1) is 35.0. The molecule has 1 amide bonds. The standard InChI is InChI=1S/C38H32F2N10O5/c39-28-12-7-23(22-48-30-5-3-4-29(40)32(30)34(52)45-38(48)55)20-26(28)35(53)47-16-14-46(15-17-47)25-10-8-24(9-11-25)43-37-42-21-27-33(44-37)50(31-6-1-2-13-41-31)49(18-19-51)36(27)54/h1-13,20-21,51H,14-19,22H2,(H,42,43,44)(H,45,52,55). The number of H-pyrrole nitrogens is 1. The summed E-state index contributed by atoms with van der Waals surface area (Å²) in [6, 6.07) is 20.8. The number of fused-ring (bicyclic) bond motifs is 2. The lowest BCUT2D eigenvalue weighted by Crippen LogP contribution is -2.49. The summed E-state index contributed by atoms with van der Waals surface area (Å²) >= 11 is 0. The number of aromatic amines is 1. The Morgan fingerprint density at radius 3 is 2.44 bits per heavy atom. The molecule has 4 aromatic heterocycles. The van der Waals surface area contributed by atoms with Gasteiger partial charge in [-0.25, -0.2) is 32.9 Å². The quantitative estimate of drug-likeness (QED) is 0.199. The van der Waals surface area contributed by atoms with Gasteiger partial charge in [0.2, 0.25) is 5.95 Å². The topological polar surface area (TPSA) is 176 Å². The highest BCUT2D eigenvalue weighted by molar-refractivity contribution is 5.95. The van der Waals surface area contributed by atoms with Crippen LogP contribution in [0, 0.1) is 11.6 Å². The molecule has 0 unspecified atom stereocenters.